The molecule has 0 aliphatic carbocycles. The fourth-order valence-corrected chi connectivity index (χ4v) is 2.80. The number of carboxylic acids is 1. The van der Waals surface area contributed by atoms with Gasteiger partial charge in [0.1, 0.15) is 17.2 Å². The summed E-state index contributed by atoms with van der Waals surface area (Å²) >= 11 is 0. The predicted octanol–water partition coefficient (Wildman–Crippen LogP) is 3.17. The Kier molecular flexibility index (Phi) is 4.90. The van der Waals surface area contributed by atoms with Crippen molar-refractivity contribution in [2.75, 3.05) is 14.2 Å². The Balaban J connectivity index is 1.79. The number of nitrogens with one attached hydrogen (secondary N) is 2. The van der Waals surface area contributed by atoms with Gasteiger partial charge in [0.2, 0.25) is 0 Å². The Morgan fingerprint density at radius 1 is 1.04 bits per heavy atom. The van der Waals surface area contributed by atoms with Gasteiger partial charge in [0, 0.05) is 30.1 Å². The van der Waals surface area contributed by atoms with Crippen LogP contribution in [0, 0.1) is 0 Å². The third kappa shape index (κ3) is 3.59. The number of rotatable bonds is 7. The van der Waals surface area contributed by atoms with Crippen molar-refractivity contribution in [3.63, 3.8) is 0 Å². The number of carbonyl (C=O) groups is 1. The molecular formula is C19H20N2O4. The van der Waals surface area contributed by atoms with E-state index in [4.69, 9.17) is 9.47 Å². The molecule has 3 rings (SSSR count). The van der Waals surface area contributed by atoms with E-state index in [1.807, 2.05) is 36.4 Å². The average molecular weight is 340 g/mol. The summed E-state index contributed by atoms with van der Waals surface area (Å²) < 4.78 is 10.3. The highest BCUT2D eigenvalue weighted by Crippen LogP contribution is 2.26. The van der Waals surface area contributed by atoms with Crippen LogP contribution in [0.15, 0.2) is 42.5 Å². The van der Waals surface area contributed by atoms with Gasteiger partial charge in [0.25, 0.3) is 0 Å². The van der Waals surface area contributed by atoms with Crippen molar-refractivity contribution in [1.29, 1.82) is 0 Å². The van der Waals surface area contributed by atoms with Gasteiger partial charge < -0.3 is 24.9 Å². The third-order valence-electron chi connectivity index (χ3n) is 4.12. The molecule has 130 valence electrons. The Morgan fingerprint density at radius 2 is 1.72 bits per heavy atom. The van der Waals surface area contributed by atoms with E-state index >= 15 is 0 Å². The second-order valence-corrected chi connectivity index (χ2v) is 5.65. The minimum absolute atomic E-state index is 0.200. The summed E-state index contributed by atoms with van der Waals surface area (Å²) in [4.78, 5) is 14.5. The number of hydrogen-bond donors (Lipinski definition) is 3. The largest absolute Gasteiger partial charge is 0.497 e. The van der Waals surface area contributed by atoms with E-state index in [2.05, 4.69) is 10.3 Å². The molecule has 0 unspecified atom stereocenters. The van der Waals surface area contributed by atoms with Crippen LogP contribution in [0.4, 0.5) is 0 Å². The molecule has 0 aliphatic rings. The van der Waals surface area contributed by atoms with Crippen molar-refractivity contribution in [1.82, 2.24) is 10.3 Å². The van der Waals surface area contributed by atoms with Crippen molar-refractivity contribution in [3.05, 3.63) is 59.3 Å². The molecule has 0 amide bonds. The summed E-state index contributed by atoms with van der Waals surface area (Å²) in [6.07, 6.45) is 0. The Hall–Kier alpha value is -2.99. The summed E-state index contributed by atoms with van der Waals surface area (Å²) in [7, 11) is 3.21. The molecule has 3 aromatic rings. The molecule has 1 heterocycles. The van der Waals surface area contributed by atoms with E-state index in [1.165, 1.54) is 0 Å². The Bertz CT molecular complexity index is 884. The van der Waals surface area contributed by atoms with E-state index in [-0.39, 0.29) is 5.69 Å². The molecular weight excluding hydrogens is 320 g/mol. The summed E-state index contributed by atoms with van der Waals surface area (Å²) in [5.74, 6) is 0.516. The molecule has 0 spiro atoms. The molecule has 0 bridgehead atoms. The van der Waals surface area contributed by atoms with Crippen molar-refractivity contribution in [2.45, 2.75) is 13.1 Å². The first-order chi connectivity index (χ1) is 12.1. The van der Waals surface area contributed by atoms with Crippen LogP contribution in [0.1, 0.15) is 21.6 Å². The molecule has 0 atom stereocenters. The van der Waals surface area contributed by atoms with Gasteiger partial charge in [-0.2, -0.15) is 0 Å². The van der Waals surface area contributed by atoms with Crippen LogP contribution in [0.2, 0.25) is 0 Å². The number of benzene rings is 2. The zero-order chi connectivity index (χ0) is 17.8. The molecule has 6 nitrogen and oxygen atoms in total. The number of fused-ring (bicyclic) bond motifs is 1. The van der Waals surface area contributed by atoms with Crippen molar-refractivity contribution in [2.24, 2.45) is 0 Å². The number of aromatic carboxylic acids is 1. The summed E-state index contributed by atoms with van der Waals surface area (Å²) in [6, 6.07) is 13.3. The van der Waals surface area contributed by atoms with Crippen molar-refractivity contribution >= 4 is 16.9 Å². The number of aromatic amines is 1. The van der Waals surface area contributed by atoms with Crippen molar-refractivity contribution in [3.8, 4) is 11.5 Å². The molecule has 25 heavy (non-hydrogen) atoms. The molecule has 6 heteroatoms. The lowest BCUT2D eigenvalue weighted by atomic mass is 10.1. The van der Waals surface area contributed by atoms with Crippen LogP contribution in [-0.2, 0) is 13.1 Å². The number of carboxylic acid groups (broad SMARTS) is 1. The molecule has 2 aromatic carbocycles. The molecule has 0 radical (unpaired) electrons. The smallest absolute Gasteiger partial charge is 0.352 e. The highest BCUT2D eigenvalue weighted by molar-refractivity contribution is 5.97. The maximum absolute atomic E-state index is 11.5. The van der Waals surface area contributed by atoms with Gasteiger partial charge in [-0.05, 0) is 29.8 Å². The molecule has 0 aliphatic heterocycles. The van der Waals surface area contributed by atoms with Gasteiger partial charge in [-0.1, -0.05) is 12.1 Å². The van der Waals surface area contributed by atoms with E-state index < -0.39 is 5.97 Å². The van der Waals surface area contributed by atoms with Gasteiger partial charge in [-0.3, -0.25) is 0 Å². The maximum atomic E-state index is 11.5. The minimum atomic E-state index is -0.976. The maximum Gasteiger partial charge on any atom is 0.352 e. The number of hydrogen-bond acceptors (Lipinski definition) is 4. The SMILES string of the molecule is COc1ccc(CNCc2c(C(=O)O)[nH]c3cc(OC)ccc23)cc1. The topological polar surface area (TPSA) is 83.6 Å². The molecule has 1 aromatic heterocycles. The lowest BCUT2D eigenvalue weighted by molar-refractivity contribution is 0.0690. The van der Waals surface area contributed by atoms with Crippen molar-refractivity contribution < 1.29 is 19.4 Å². The number of aromatic nitrogens is 1. The standard InChI is InChI=1S/C19H20N2O4/c1-24-13-5-3-12(4-6-13)10-20-11-16-15-8-7-14(25-2)9-17(15)21-18(16)19(22)23/h3-9,20-21H,10-11H2,1-2H3,(H,22,23). The van der Waals surface area contributed by atoms with Gasteiger partial charge in [-0.25, -0.2) is 4.79 Å². The summed E-state index contributed by atoms with van der Waals surface area (Å²) in [5, 5.41) is 13.6. The molecule has 3 N–H and O–H groups in total. The lowest BCUT2D eigenvalue weighted by Crippen LogP contribution is -2.15. The van der Waals surface area contributed by atoms with Gasteiger partial charge in [0.05, 0.1) is 19.7 Å². The summed E-state index contributed by atoms with van der Waals surface area (Å²) in [5.41, 5.74) is 2.78. The molecule has 0 saturated carbocycles. The summed E-state index contributed by atoms with van der Waals surface area (Å²) in [6.45, 7) is 1.08. The number of methoxy groups -OCH3 is 2. The highest BCUT2D eigenvalue weighted by Gasteiger charge is 2.17. The normalized spacial score (nSPS) is 10.8. The first-order valence-electron chi connectivity index (χ1n) is 7.88. The fraction of sp³-hybridized carbons (Fsp3) is 0.211. The molecule has 0 fully saturated rings. The van der Waals surface area contributed by atoms with E-state index in [0.29, 0.717) is 18.8 Å². The number of ether oxygens (including phenoxy) is 2. The van der Waals surface area contributed by atoms with E-state index in [9.17, 15) is 9.90 Å². The predicted molar refractivity (Wildman–Crippen MR) is 95.3 cm³/mol. The lowest BCUT2D eigenvalue weighted by Gasteiger charge is -2.07. The van der Waals surface area contributed by atoms with E-state index in [0.717, 1.165) is 27.8 Å². The average Bonchev–Trinajstić information content (AvgIpc) is 3.00. The second kappa shape index (κ2) is 7.27. The van der Waals surface area contributed by atoms with Crippen LogP contribution >= 0.6 is 0 Å². The minimum Gasteiger partial charge on any atom is -0.497 e. The second-order valence-electron chi connectivity index (χ2n) is 5.65. The number of H-pyrrole nitrogens is 1. The highest BCUT2D eigenvalue weighted by atomic mass is 16.5. The monoisotopic (exact) mass is 340 g/mol. The Labute approximate surface area is 145 Å². The zero-order valence-corrected chi connectivity index (χ0v) is 14.1. The molecule has 0 saturated heterocycles. The Morgan fingerprint density at radius 3 is 2.36 bits per heavy atom. The van der Waals surface area contributed by atoms with E-state index in [1.54, 1.807) is 20.3 Å². The first-order valence-corrected chi connectivity index (χ1v) is 7.88. The van der Waals surface area contributed by atoms with Crippen LogP contribution in [0.25, 0.3) is 10.9 Å². The van der Waals surface area contributed by atoms with Gasteiger partial charge in [-0.15, -0.1) is 0 Å². The van der Waals surface area contributed by atoms with Crippen LogP contribution in [-0.4, -0.2) is 30.3 Å². The van der Waals surface area contributed by atoms with Crippen LogP contribution < -0.4 is 14.8 Å². The fourth-order valence-electron chi connectivity index (χ4n) is 2.80. The first kappa shape index (κ1) is 16.9. The van der Waals surface area contributed by atoms with Crippen LogP contribution in [0.5, 0.6) is 11.5 Å². The third-order valence-corrected chi connectivity index (χ3v) is 4.12. The quantitative estimate of drug-likeness (QED) is 0.615. The van der Waals surface area contributed by atoms with Gasteiger partial charge in [0.15, 0.2) is 0 Å². The zero-order valence-electron chi connectivity index (χ0n) is 14.1. The van der Waals surface area contributed by atoms with Crippen LogP contribution in [0.3, 0.4) is 0 Å². The van der Waals surface area contributed by atoms with Gasteiger partial charge >= 0.3 is 5.97 Å².